The number of amides is 2. The molecule has 2 amide bonds. The maximum atomic E-state index is 13.1. The highest BCUT2D eigenvalue weighted by atomic mass is 35.5. The van der Waals surface area contributed by atoms with Crippen molar-refractivity contribution in [2.45, 2.75) is 13.8 Å². The molecule has 0 bridgehead atoms. The van der Waals surface area contributed by atoms with E-state index in [0.29, 0.717) is 22.0 Å². The van der Waals surface area contributed by atoms with Gasteiger partial charge in [-0.25, -0.2) is 0 Å². The van der Waals surface area contributed by atoms with Crippen LogP contribution in [-0.4, -0.2) is 16.8 Å². The van der Waals surface area contributed by atoms with Crippen LogP contribution >= 0.6 is 11.6 Å². The summed E-state index contributed by atoms with van der Waals surface area (Å²) in [4.78, 5) is 30.0. The average molecular weight is 420 g/mol. The second kappa shape index (κ2) is 8.00. The largest absolute Gasteiger partial charge is 0.459 e. The number of carbonyl (C=O) groups is 2. The molecular weight excluding hydrogens is 402 g/mol. The third-order valence-electron chi connectivity index (χ3n) is 4.56. The van der Waals surface area contributed by atoms with Crippen LogP contribution in [0.25, 0.3) is 10.9 Å². The van der Waals surface area contributed by atoms with Crippen LogP contribution in [0.15, 0.2) is 65.3 Å². The van der Waals surface area contributed by atoms with Gasteiger partial charge in [0.05, 0.1) is 28.7 Å². The van der Waals surface area contributed by atoms with Crippen LogP contribution in [0.5, 0.6) is 0 Å². The zero-order chi connectivity index (χ0) is 21.3. The summed E-state index contributed by atoms with van der Waals surface area (Å²) in [6.45, 7) is 3.80. The number of aryl methyl sites for hydroxylation is 2. The molecule has 150 valence electrons. The number of anilines is 2. The molecule has 0 saturated heterocycles. The average Bonchev–Trinajstić information content (AvgIpc) is 3.24. The van der Waals surface area contributed by atoms with Crippen molar-refractivity contribution in [1.29, 1.82) is 0 Å². The van der Waals surface area contributed by atoms with Crippen molar-refractivity contribution in [3.63, 3.8) is 0 Å². The lowest BCUT2D eigenvalue weighted by Crippen LogP contribution is -2.17. The van der Waals surface area contributed by atoms with E-state index in [1.165, 1.54) is 6.26 Å². The van der Waals surface area contributed by atoms with E-state index in [1.54, 1.807) is 36.4 Å². The number of nitrogens with zero attached hydrogens (tertiary/aromatic N) is 1. The molecule has 0 fully saturated rings. The van der Waals surface area contributed by atoms with Gasteiger partial charge in [0.1, 0.15) is 0 Å². The molecule has 0 unspecified atom stereocenters. The monoisotopic (exact) mass is 419 g/mol. The first-order valence-electron chi connectivity index (χ1n) is 9.24. The maximum absolute atomic E-state index is 13.1. The number of hydrogen-bond donors (Lipinski definition) is 2. The molecule has 0 spiro atoms. The molecule has 30 heavy (non-hydrogen) atoms. The lowest BCUT2D eigenvalue weighted by molar-refractivity contribution is 0.0993. The van der Waals surface area contributed by atoms with Crippen LogP contribution in [-0.2, 0) is 0 Å². The standard InChI is InChI=1S/C23H18ClN3O3/c1-13-5-7-18-16(10-13)17(11-14(2)25-18)22(28)26-19-8-6-15(24)12-20(19)27-23(29)21-4-3-9-30-21/h3-12H,1-2H3,(H,26,28)(H,27,29). The second-order valence-corrected chi connectivity index (χ2v) is 7.34. The van der Waals surface area contributed by atoms with E-state index in [2.05, 4.69) is 15.6 Å². The lowest BCUT2D eigenvalue weighted by Gasteiger charge is -2.14. The first-order chi connectivity index (χ1) is 14.4. The predicted octanol–water partition coefficient (Wildman–Crippen LogP) is 5.60. The van der Waals surface area contributed by atoms with Crippen LogP contribution in [0.1, 0.15) is 32.2 Å². The molecule has 2 N–H and O–H groups in total. The Morgan fingerprint density at radius 3 is 2.50 bits per heavy atom. The van der Waals surface area contributed by atoms with E-state index in [-0.39, 0.29) is 11.7 Å². The van der Waals surface area contributed by atoms with Gasteiger partial charge < -0.3 is 15.1 Å². The maximum Gasteiger partial charge on any atom is 0.291 e. The Labute approximate surface area is 177 Å². The Balaban J connectivity index is 1.68. The van der Waals surface area contributed by atoms with Gasteiger partial charge in [0.2, 0.25) is 0 Å². The van der Waals surface area contributed by atoms with Crippen molar-refractivity contribution in [2.24, 2.45) is 0 Å². The van der Waals surface area contributed by atoms with Crippen LogP contribution in [0.3, 0.4) is 0 Å². The van der Waals surface area contributed by atoms with Gasteiger partial charge >= 0.3 is 0 Å². The summed E-state index contributed by atoms with van der Waals surface area (Å²) < 4.78 is 5.12. The molecular formula is C23H18ClN3O3. The van der Waals surface area contributed by atoms with Gasteiger partial charge in [0, 0.05) is 16.1 Å². The van der Waals surface area contributed by atoms with Crippen LogP contribution in [0.2, 0.25) is 5.02 Å². The highest BCUT2D eigenvalue weighted by Gasteiger charge is 2.17. The van der Waals surface area contributed by atoms with E-state index in [4.69, 9.17) is 16.0 Å². The molecule has 0 radical (unpaired) electrons. The quantitative estimate of drug-likeness (QED) is 0.450. The Hall–Kier alpha value is -3.64. The minimum atomic E-state index is -0.446. The third kappa shape index (κ3) is 4.04. The van der Waals surface area contributed by atoms with Gasteiger partial charge in [-0.3, -0.25) is 14.6 Å². The number of furan rings is 1. The van der Waals surface area contributed by atoms with Crippen molar-refractivity contribution < 1.29 is 14.0 Å². The minimum absolute atomic E-state index is 0.151. The molecule has 2 aromatic carbocycles. The van der Waals surface area contributed by atoms with Crippen molar-refractivity contribution >= 4 is 45.7 Å². The number of fused-ring (bicyclic) bond motifs is 1. The fraction of sp³-hybridized carbons (Fsp3) is 0.0870. The fourth-order valence-corrected chi connectivity index (χ4v) is 3.34. The number of pyridine rings is 1. The summed E-state index contributed by atoms with van der Waals surface area (Å²) in [5, 5.41) is 6.77. The number of nitrogens with one attached hydrogen (secondary N) is 2. The summed E-state index contributed by atoms with van der Waals surface area (Å²) in [6, 6.07) is 15.5. The second-order valence-electron chi connectivity index (χ2n) is 6.91. The highest BCUT2D eigenvalue weighted by molar-refractivity contribution is 6.31. The van der Waals surface area contributed by atoms with Crippen LogP contribution in [0.4, 0.5) is 11.4 Å². The topological polar surface area (TPSA) is 84.2 Å². The molecule has 6 nitrogen and oxygen atoms in total. The molecule has 0 saturated carbocycles. The van der Waals surface area contributed by atoms with Crippen molar-refractivity contribution in [1.82, 2.24) is 4.98 Å². The number of rotatable bonds is 4. The zero-order valence-electron chi connectivity index (χ0n) is 16.3. The van der Waals surface area contributed by atoms with E-state index in [0.717, 1.165) is 22.2 Å². The first kappa shape index (κ1) is 19.7. The molecule has 0 aliphatic rings. The highest BCUT2D eigenvalue weighted by Crippen LogP contribution is 2.28. The van der Waals surface area contributed by atoms with Crippen molar-refractivity contribution in [2.75, 3.05) is 10.6 Å². The summed E-state index contributed by atoms with van der Waals surface area (Å²) in [7, 11) is 0. The van der Waals surface area contributed by atoms with Gasteiger partial charge in [0.15, 0.2) is 5.76 Å². The van der Waals surface area contributed by atoms with E-state index >= 15 is 0 Å². The number of benzene rings is 2. The Morgan fingerprint density at radius 2 is 1.73 bits per heavy atom. The molecule has 4 rings (SSSR count). The molecule has 0 atom stereocenters. The number of carbonyl (C=O) groups excluding carboxylic acids is 2. The van der Waals surface area contributed by atoms with Gasteiger partial charge in [-0.05, 0) is 62.4 Å². The van der Waals surface area contributed by atoms with E-state index in [1.807, 2.05) is 32.0 Å². The molecule has 2 heterocycles. The van der Waals surface area contributed by atoms with E-state index < -0.39 is 5.91 Å². The molecule has 0 aliphatic heterocycles. The molecule has 2 aromatic heterocycles. The van der Waals surface area contributed by atoms with Crippen molar-refractivity contribution in [3.8, 4) is 0 Å². The Morgan fingerprint density at radius 1 is 0.933 bits per heavy atom. The van der Waals surface area contributed by atoms with Crippen molar-refractivity contribution in [3.05, 3.63) is 88.5 Å². The number of aromatic nitrogens is 1. The Bertz CT molecular complexity index is 1270. The van der Waals surface area contributed by atoms with Crippen LogP contribution in [0, 0.1) is 13.8 Å². The van der Waals surface area contributed by atoms with Gasteiger partial charge in [-0.15, -0.1) is 0 Å². The van der Waals surface area contributed by atoms with Gasteiger partial charge in [-0.2, -0.15) is 0 Å². The zero-order valence-corrected chi connectivity index (χ0v) is 17.1. The summed E-state index contributed by atoms with van der Waals surface area (Å²) in [5.41, 5.74) is 3.79. The first-order valence-corrected chi connectivity index (χ1v) is 9.62. The predicted molar refractivity (Wildman–Crippen MR) is 117 cm³/mol. The van der Waals surface area contributed by atoms with Crippen LogP contribution < -0.4 is 10.6 Å². The molecule has 0 aliphatic carbocycles. The molecule has 7 heteroatoms. The summed E-state index contributed by atoms with van der Waals surface area (Å²) in [6.07, 6.45) is 1.41. The third-order valence-corrected chi connectivity index (χ3v) is 4.79. The Kier molecular flexibility index (Phi) is 5.25. The van der Waals surface area contributed by atoms with E-state index in [9.17, 15) is 9.59 Å². The summed E-state index contributed by atoms with van der Waals surface area (Å²) >= 11 is 6.10. The number of hydrogen-bond acceptors (Lipinski definition) is 4. The fourth-order valence-electron chi connectivity index (χ4n) is 3.17. The number of halogens is 1. The van der Waals surface area contributed by atoms with Gasteiger partial charge in [-0.1, -0.05) is 23.2 Å². The SMILES string of the molecule is Cc1ccc2nc(C)cc(C(=O)Nc3ccc(Cl)cc3NC(=O)c3ccco3)c2c1. The van der Waals surface area contributed by atoms with Gasteiger partial charge in [0.25, 0.3) is 11.8 Å². The summed E-state index contributed by atoms with van der Waals surface area (Å²) in [5.74, 6) is -0.607. The molecule has 4 aromatic rings. The lowest BCUT2D eigenvalue weighted by atomic mass is 10.0. The minimum Gasteiger partial charge on any atom is -0.459 e. The smallest absolute Gasteiger partial charge is 0.291 e. The normalized spacial score (nSPS) is 10.8.